The van der Waals surface area contributed by atoms with E-state index in [0.717, 1.165) is 16.7 Å². The normalized spacial score (nSPS) is 10.1. The summed E-state index contributed by atoms with van der Waals surface area (Å²) in [7, 11) is 0. The molecule has 0 aliphatic heterocycles. The van der Waals surface area contributed by atoms with Crippen molar-refractivity contribution in [2.24, 2.45) is 0 Å². The molecule has 0 N–H and O–H groups in total. The highest BCUT2D eigenvalue weighted by Gasteiger charge is 2.08. The molecule has 2 rings (SSSR count). The van der Waals surface area contributed by atoms with Crippen LogP contribution in [-0.2, 0) is 6.42 Å². The van der Waals surface area contributed by atoms with Gasteiger partial charge in [0.1, 0.15) is 0 Å². The Morgan fingerprint density at radius 1 is 1.19 bits per heavy atom. The molecule has 0 saturated carbocycles. The van der Waals surface area contributed by atoms with Crippen molar-refractivity contribution in [1.29, 1.82) is 0 Å². The monoisotopic (exact) mass is 211 g/mol. The molecule has 0 radical (unpaired) electrons. The highest BCUT2D eigenvalue weighted by Crippen LogP contribution is 2.11. The molecule has 80 valence electrons. The molecule has 0 aliphatic carbocycles. The van der Waals surface area contributed by atoms with Crippen LogP contribution in [0.3, 0.4) is 0 Å². The number of pyridine rings is 1. The van der Waals surface area contributed by atoms with Crippen LogP contribution in [0.1, 0.15) is 21.5 Å². The summed E-state index contributed by atoms with van der Waals surface area (Å²) in [6.45, 7) is 1.95. The third-order valence-electron chi connectivity index (χ3n) is 2.53. The van der Waals surface area contributed by atoms with Crippen LogP contribution in [-0.4, -0.2) is 10.8 Å². The van der Waals surface area contributed by atoms with Crippen LogP contribution in [0.25, 0.3) is 0 Å². The van der Waals surface area contributed by atoms with Gasteiger partial charge < -0.3 is 0 Å². The van der Waals surface area contributed by atoms with Gasteiger partial charge in [-0.3, -0.25) is 9.78 Å². The summed E-state index contributed by atoms with van der Waals surface area (Å²) in [4.78, 5) is 16.0. The molecule has 0 unspecified atom stereocenters. The number of nitrogens with zero attached hydrogens (tertiary/aromatic N) is 1. The minimum Gasteiger partial charge on any atom is -0.294 e. The van der Waals surface area contributed by atoms with E-state index in [4.69, 9.17) is 0 Å². The van der Waals surface area contributed by atoms with Crippen LogP contribution in [0, 0.1) is 6.92 Å². The number of carbonyl (C=O) groups is 1. The Bertz CT molecular complexity index is 491. The highest BCUT2D eigenvalue weighted by molar-refractivity contribution is 5.98. The fourth-order valence-corrected chi connectivity index (χ4v) is 1.67. The first-order valence-corrected chi connectivity index (χ1v) is 5.25. The van der Waals surface area contributed by atoms with Crippen molar-refractivity contribution in [3.05, 3.63) is 65.5 Å². The summed E-state index contributed by atoms with van der Waals surface area (Å²) in [6, 6.07) is 11.4. The summed E-state index contributed by atoms with van der Waals surface area (Å²) in [5.41, 5.74) is 2.78. The number of aryl methyl sites for hydroxylation is 1. The Morgan fingerprint density at radius 3 is 2.69 bits per heavy atom. The van der Waals surface area contributed by atoms with E-state index in [-0.39, 0.29) is 5.78 Å². The molecular weight excluding hydrogens is 198 g/mol. The Labute approximate surface area is 95.0 Å². The van der Waals surface area contributed by atoms with E-state index in [1.54, 1.807) is 12.4 Å². The molecular formula is C14H13NO. The second kappa shape index (κ2) is 4.71. The average molecular weight is 211 g/mol. The first-order chi connectivity index (χ1) is 7.77. The lowest BCUT2D eigenvalue weighted by Crippen LogP contribution is -2.05. The van der Waals surface area contributed by atoms with Gasteiger partial charge in [-0.1, -0.05) is 30.3 Å². The average Bonchev–Trinajstić information content (AvgIpc) is 2.31. The first-order valence-electron chi connectivity index (χ1n) is 5.25. The number of ketones is 1. The predicted octanol–water partition coefficient (Wildman–Crippen LogP) is 2.82. The summed E-state index contributed by atoms with van der Waals surface area (Å²) in [5, 5.41) is 0. The fourth-order valence-electron chi connectivity index (χ4n) is 1.67. The number of benzene rings is 1. The second-order valence-corrected chi connectivity index (χ2v) is 3.78. The van der Waals surface area contributed by atoms with Crippen molar-refractivity contribution >= 4 is 5.78 Å². The van der Waals surface area contributed by atoms with Crippen molar-refractivity contribution in [3.63, 3.8) is 0 Å². The van der Waals surface area contributed by atoms with Gasteiger partial charge in [0.05, 0.1) is 0 Å². The van der Waals surface area contributed by atoms with Gasteiger partial charge in [0.2, 0.25) is 0 Å². The molecule has 0 saturated heterocycles. The summed E-state index contributed by atoms with van der Waals surface area (Å²) in [6.07, 6.45) is 3.86. The quantitative estimate of drug-likeness (QED) is 0.731. The number of carbonyl (C=O) groups excluding carboxylic acids is 1. The highest BCUT2D eigenvalue weighted by atomic mass is 16.1. The van der Waals surface area contributed by atoms with Crippen molar-refractivity contribution < 1.29 is 4.79 Å². The number of hydrogen-bond donors (Lipinski definition) is 0. The minimum atomic E-state index is 0.145. The zero-order chi connectivity index (χ0) is 11.4. The molecule has 0 bridgehead atoms. The third-order valence-corrected chi connectivity index (χ3v) is 2.53. The molecule has 16 heavy (non-hydrogen) atoms. The maximum Gasteiger partial charge on any atom is 0.167 e. The summed E-state index contributed by atoms with van der Waals surface area (Å²) in [5.74, 6) is 0.145. The van der Waals surface area contributed by atoms with E-state index >= 15 is 0 Å². The maximum absolute atomic E-state index is 12.0. The van der Waals surface area contributed by atoms with E-state index in [9.17, 15) is 4.79 Å². The molecule has 2 aromatic rings. The van der Waals surface area contributed by atoms with E-state index in [1.165, 1.54) is 0 Å². The molecule has 2 heteroatoms. The topological polar surface area (TPSA) is 30.0 Å². The van der Waals surface area contributed by atoms with Gasteiger partial charge in [0.15, 0.2) is 5.78 Å². The molecule has 0 fully saturated rings. The van der Waals surface area contributed by atoms with Crippen molar-refractivity contribution in [3.8, 4) is 0 Å². The first kappa shape index (κ1) is 10.6. The van der Waals surface area contributed by atoms with Gasteiger partial charge in [0, 0.05) is 24.4 Å². The molecule has 0 aliphatic rings. The van der Waals surface area contributed by atoms with Gasteiger partial charge in [-0.2, -0.15) is 0 Å². The maximum atomic E-state index is 12.0. The van der Waals surface area contributed by atoms with Crippen LogP contribution in [0.15, 0.2) is 48.8 Å². The van der Waals surface area contributed by atoms with Crippen LogP contribution in [0.4, 0.5) is 0 Å². The van der Waals surface area contributed by atoms with Crippen LogP contribution in [0.5, 0.6) is 0 Å². The Hall–Kier alpha value is -1.96. The summed E-state index contributed by atoms with van der Waals surface area (Å²) < 4.78 is 0. The Balaban J connectivity index is 2.19. The van der Waals surface area contributed by atoms with Gasteiger partial charge in [0.25, 0.3) is 0 Å². The number of Topliss-reactive ketones (excluding diaryl/α,β-unsaturated/α-hetero) is 1. The molecule has 1 aromatic carbocycles. The standard InChI is InChI=1S/C14H13NO/c1-11-5-2-3-7-13(11)14(16)9-12-6-4-8-15-10-12/h2-8,10H,9H2,1H3. The van der Waals surface area contributed by atoms with Gasteiger partial charge in [-0.15, -0.1) is 0 Å². The van der Waals surface area contributed by atoms with E-state index in [0.29, 0.717) is 6.42 Å². The molecule has 1 heterocycles. The second-order valence-electron chi connectivity index (χ2n) is 3.78. The lowest BCUT2D eigenvalue weighted by molar-refractivity contribution is 0.0992. The molecule has 2 nitrogen and oxygen atoms in total. The molecule has 0 amide bonds. The minimum absolute atomic E-state index is 0.145. The van der Waals surface area contributed by atoms with Gasteiger partial charge in [-0.05, 0) is 24.1 Å². The van der Waals surface area contributed by atoms with E-state index in [2.05, 4.69) is 4.98 Å². The van der Waals surface area contributed by atoms with Crippen LogP contribution in [0.2, 0.25) is 0 Å². The van der Waals surface area contributed by atoms with Crippen molar-refractivity contribution in [2.75, 3.05) is 0 Å². The zero-order valence-corrected chi connectivity index (χ0v) is 9.18. The van der Waals surface area contributed by atoms with Crippen molar-refractivity contribution in [1.82, 2.24) is 4.98 Å². The molecule has 0 atom stereocenters. The lowest BCUT2D eigenvalue weighted by Gasteiger charge is -2.04. The van der Waals surface area contributed by atoms with Crippen LogP contribution < -0.4 is 0 Å². The van der Waals surface area contributed by atoms with E-state index < -0.39 is 0 Å². The summed E-state index contributed by atoms with van der Waals surface area (Å²) >= 11 is 0. The third kappa shape index (κ3) is 2.34. The predicted molar refractivity (Wildman–Crippen MR) is 63.5 cm³/mol. The number of hydrogen-bond acceptors (Lipinski definition) is 2. The molecule has 1 aromatic heterocycles. The van der Waals surface area contributed by atoms with Crippen molar-refractivity contribution in [2.45, 2.75) is 13.3 Å². The van der Waals surface area contributed by atoms with E-state index in [1.807, 2.05) is 43.3 Å². The fraction of sp³-hybridized carbons (Fsp3) is 0.143. The zero-order valence-electron chi connectivity index (χ0n) is 9.18. The Kier molecular flexibility index (Phi) is 3.10. The lowest BCUT2D eigenvalue weighted by atomic mass is 10.0. The van der Waals surface area contributed by atoms with Gasteiger partial charge >= 0.3 is 0 Å². The molecule has 0 spiro atoms. The number of rotatable bonds is 3. The van der Waals surface area contributed by atoms with Gasteiger partial charge in [-0.25, -0.2) is 0 Å². The Morgan fingerprint density at radius 2 is 2.00 bits per heavy atom. The smallest absolute Gasteiger partial charge is 0.167 e. The number of aromatic nitrogens is 1. The van der Waals surface area contributed by atoms with Crippen LogP contribution >= 0.6 is 0 Å². The largest absolute Gasteiger partial charge is 0.294 e. The SMILES string of the molecule is Cc1ccccc1C(=O)Cc1cccnc1.